The van der Waals surface area contributed by atoms with Crippen molar-refractivity contribution in [1.29, 1.82) is 0 Å². The molecular weight excluding hydrogens is 398 g/mol. The summed E-state index contributed by atoms with van der Waals surface area (Å²) in [5.74, 6) is 0.614. The molecule has 3 aliphatic rings. The Labute approximate surface area is 180 Å². The van der Waals surface area contributed by atoms with E-state index >= 15 is 0 Å². The van der Waals surface area contributed by atoms with Crippen LogP contribution in [0, 0.1) is 6.92 Å². The van der Waals surface area contributed by atoms with E-state index in [1.807, 2.05) is 42.2 Å². The maximum absolute atomic E-state index is 13.8. The molecule has 0 spiro atoms. The number of nitrogens with zero attached hydrogens (tertiary/aromatic N) is 2. The quantitative estimate of drug-likeness (QED) is 0.777. The molecule has 0 aromatic heterocycles. The smallest absolute Gasteiger partial charge is 0.254 e. The molecule has 8 heteroatoms. The van der Waals surface area contributed by atoms with Crippen molar-refractivity contribution in [3.8, 4) is 11.5 Å². The Morgan fingerprint density at radius 2 is 2.03 bits per heavy atom. The zero-order chi connectivity index (χ0) is 21.9. The minimum Gasteiger partial charge on any atom is -0.454 e. The molecule has 5 rings (SSSR count). The van der Waals surface area contributed by atoms with E-state index in [0.29, 0.717) is 22.7 Å². The Kier molecular flexibility index (Phi) is 4.46. The predicted molar refractivity (Wildman–Crippen MR) is 113 cm³/mol. The number of β-amino-alcohol motifs (C(OH)–C–C–N with tert-alkyl or cyclic N) is 1. The number of rotatable bonds is 3. The van der Waals surface area contributed by atoms with Crippen molar-refractivity contribution in [3.63, 3.8) is 0 Å². The number of likely N-dealkylation sites (tertiary alicyclic amines) is 1. The van der Waals surface area contributed by atoms with Gasteiger partial charge >= 0.3 is 0 Å². The number of para-hydroxylation sites is 1. The lowest BCUT2D eigenvalue weighted by molar-refractivity contribution is -0.138. The average molecular weight is 423 g/mol. The minimum atomic E-state index is -1.34. The monoisotopic (exact) mass is 423 g/mol. The molecule has 3 heterocycles. The molecule has 8 nitrogen and oxygen atoms in total. The molecular formula is C23H25N3O5. The molecule has 1 saturated heterocycles. The normalized spacial score (nSPS) is 26.6. The predicted octanol–water partition coefficient (Wildman–Crippen LogP) is 1.44. The molecule has 2 aromatic carbocycles. The zero-order valence-corrected chi connectivity index (χ0v) is 17.7. The zero-order valence-electron chi connectivity index (χ0n) is 17.7. The number of amides is 2. The molecule has 1 fully saturated rings. The van der Waals surface area contributed by atoms with Crippen molar-refractivity contribution in [2.45, 2.75) is 31.0 Å². The van der Waals surface area contributed by atoms with Crippen LogP contribution >= 0.6 is 0 Å². The maximum atomic E-state index is 13.8. The third-order valence-corrected chi connectivity index (χ3v) is 6.36. The van der Waals surface area contributed by atoms with Crippen LogP contribution in [0.25, 0.3) is 0 Å². The fraction of sp³-hybridized carbons (Fsp3) is 0.391. The Morgan fingerprint density at radius 1 is 1.23 bits per heavy atom. The highest BCUT2D eigenvalue weighted by Crippen LogP contribution is 2.53. The first-order valence-electron chi connectivity index (χ1n) is 10.3. The summed E-state index contributed by atoms with van der Waals surface area (Å²) in [6, 6.07) is 10.6. The number of aryl methyl sites for hydroxylation is 1. The fourth-order valence-corrected chi connectivity index (χ4v) is 5.04. The molecule has 2 amide bonds. The van der Waals surface area contributed by atoms with Crippen LogP contribution in [0.4, 0.5) is 5.69 Å². The van der Waals surface area contributed by atoms with E-state index in [4.69, 9.17) is 9.47 Å². The lowest BCUT2D eigenvalue weighted by Crippen LogP contribution is -2.57. The molecule has 2 N–H and O–H groups in total. The van der Waals surface area contributed by atoms with Crippen molar-refractivity contribution in [2.75, 3.05) is 32.7 Å². The summed E-state index contributed by atoms with van der Waals surface area (Å²) < 4.78 is 11.4. The number of carbonyl (C=O) groups excluding carboxylic acids is 2. The molecule has 0 aliphatic carbocycles. The highest BCUT2D eigenvalue weighted by atomic mass is 16.7. The van der Waals surface area contributed by atoms with Crippen LogP contribution in [-0.2, 0) is 15.1 Å². The lowest BCUT2D eigenvalue weighted by atomic mass is 9.80. The van der Waals surface area contributed by atoms with E-state index < -0.39 is 17.7 Å². The van der Waals surface area contributed by atoms with Crippen LogP contribution in [0.2, 0.25) is 0 Å². The number of anilines is 1. The molecule has 0 bridgehead atoms. The van der Waals surface area contributed by atoms with Crippen molar-refractivity contribution in [2.24, 2.45) is 0 Å². The summed E-state index contributed by atoms with van der Waals surface area (Å²) >= 11 is 0. The summed E-state index contributed by atoms with van der Waals surface area (Å²) in [7, 11) is 3.36. The van der Waals surface area contributed by atoms with Gasteiger partial charge in [-0.05, 0) is 25.5 Å². The Balaban J connectivity index is 1.81. The number of aliphatic hydroxyl groups is 1. The summed E-state index contributed by atoms with van der Waals surface area (Å²) in [5, 5.41) is 13.6. The van der Waals surface area contributed by atoms with Gasteiger partial charge in [-0.3, -0.25) is 14.5 Å². The van der Waals surface area contributed by atoms with Gasteiger partial charge in [-0.15, -0.1) is 0 Å². The third kappa shape index (κ3) is 2.75. The first-order valence-corrected chi connectivity index (χ1v) is 10.3. The average Bonchev–Trinajstić information content (AvgIpc) is 3.43. The highest BCUT2D eigenvalue weighted by molar-refractivity contribution is 6.09. The van der Waals surface area contributed by atoms with E-state index in [-0.39, 0.29) is 31.6 Å². The van der Waals surface area contributed by atoms with Crippen LogP contribution in [0.15, 0.2) is 36.4 Å². The van der Waals surface area contributed by atoms with Crippen LogP contribution < -0.4 is 14.8 Å². The molecule has 1 unspecified atom stereocenters. The van der Waals surface area contributed by atoms with Crippen molar-refractivity contribution in [3.05, 3.63) is 53.1 Å². The molecule has 2 aromatic rings. The molecule has 0 saturated carbocycles. The standard InChI is InChI=1S/C23H25N3O5/c1-13-7-8-17-16(9-13)23(22(29)24-17,15-5-4-6-19-20(15)31-12-30-19)26-11-14(27)10-18(26)21(28)25(2)3/h4-9,14,18,27H,10-12H2,1-3H3,(H,24,29)/t14-,18+,23?/m1/s1. The second-order valence-corrected chi connectivity index (χ2v) is 8.54. The molecule has 31 heavy (non-hydrogen) atoms. The first kappa shape index (κ1) is 19.8. The van der Waals surface area contributed by atoms with Gasteiger partial charge in [-0.2, -0.15) is 0 Å². The van der Waals surface area contributed by atoms with E-state index in [0.717, 1.165) is 11.1 Å². The molecule has 3 atom stereocenters. The number of ether oxygens (including phenoxy) is 2. The minimum absolute atomic E-state index is 0.0629. The Bertz CT molecular complexity index is 1080. The second kappa shape index (κ2) is 6.96. The van der Waals surface area contributed by atoms with Gasteiger partial charge in [0.25, 0.3) is 5.91 Å². The fourth-order valence-electron chi connectivity index (χ4n) is 5.04. The molecule has 162 valence electrons. The summed E-state index contributed by atoms with van der Waals surface area (Å²) in [6.07, 6.45) is -0.485. The maximum Gasteiger partial charge on any atom is 0.254 e. The summed E-state index contributed by atoms with van der Waals surface area (Å²) in [5.41, 5.74) is 1.68. The Morgan fingerprint density at radius 3 is 2.81 bits per heavy atom. The number of fused-ring (bicyclic) bond motifs is 2. The van der Waals surface area contributed by atoms with Gasteiger partial charge in [0.1, 0.15) is 0 Å². The number of nitrogens with one attached hydrogen (secondary N) is 1. The Hall–Kier alpha value is -3.10. The van der Waals surface area contributed by atoms with Crippen LogP contribution in [-0.4, -0.2) is 66.3 Å². The van der Waals surface area contributed by atoms with E-state index in [2.05, 4.69) is 5.32 Å². The number of aliphatic hydroxyl groups excluding tert-OH is 1. The van der Waals surface area contributed by atoms with Crippen LogP contribution in [0.1, 0.15) is 23.1 Å². The van der Waals surface area contributed by atoms with Crippen LogP contribution in [0.3, 0.4) is 0 Å². The van der Waals surface area contributed by atoms with Gasteiger partial charge in [-0.25, -0.2) is 0 Å². The van der Waals surface area contributed by atoms with Crippen molar-refractivity contribution >= 4 is 17.5 Å². The van der Waals surface area contributed by atoms with Gasteiger partial charge in [-0.1, -0.05) is 29.8 Å². The van der Waals surface area contributed by atoms with E-state index in [1.54, 1.807) is 20.2 Å². The van der Waals surface area contributed by atoms with Gasteiger partial charge < -0.3 is 24.8 Å². The number of likely N-dealkylation sites (N-methyl/N-ethyl adjacent to an activating group) is 1. The van der Waals surface area contributed by atoms with E-state index in [9.17, 15) is 14.7 Å². The van der Waals surface area contributed by atoms with Gasteiger partial charge in [0, 0.05) is 37.5 Å². The highest BCUT2D eigenvalue weighted by Gasteiger charge is 2.59. The number of benzene rings is 2. The molecule has 0 radical (unpaired) electrons. The van der Waals surface area contributed by atoms with Gasteiger partial charge in [0.15, 0.2) is 17.0 Å². The topological polar surface area (TPSA) is 91.3 Å². The molecule has 3 aliphatic heterocycles. The SMILES string of the molecule is Cc1ccc2c(c1)C(c1cccc3c1OCO3)(N1C[C@H](O)C[C@H]1C(=O)N(C)C)C(=O)N2. The largest absolute Gasteiger partial charge is 0.454 e. The van der Waals surface area contributed by atoms with Crippen molar-refractivity contribution in [1.82, 2.24) is 9.80 Å². The second-order valence-electron chi connectivity index (χ2n) is 8.54. The first-order chi connectivity index (χ1) is 14.8. The van der Waals surface area contributed by atoms with E-state index in [1.165, 1.54) is 4.90 Å². The lowest BCUT2D eigenvalue weighted by Gasteiger charge is -2.41. The third-order valence-electron chi connectivity index (χ3n) is 6.36. The van der Waals surface area contributed by atoms with Gasteiger partial charge in [0.2, 0.25) is 12.7 Å². The van der Waals surface area contributed by atoms with Crippen molar-refractivity contribution < 1.29 is 24.2 Å². The van der Waals surface area contributed by atoms with Crippen LogP contribution in [0.5, 0.6) is 11.5 Å². The summed E-state index contributed by atoms with van der Waals surface area (Å²) in [4.78, 5) is 30.3. The number of carbonyl (C=O) groups is 2. The number of hydrogen-bond acceptors (Lipinski definition) is 6. The number of hydrogen-bond donors (Lipinski definition) is 2. The van der Waals surface area contributed by atoms with Gasteiger partial charge in [0.05, 0.1) is 12.1 Å². The summed E-state index contributed by atoms with van der Waals surface area (Å²) in [6.45, 7) is 2.20.